The molecule has 6 nitrogen and oxygen atoms in total. The van der Waals surface area contributed by atoms with Crippen molar-refractivity contribution >= 4 is 11.5 Å². The minimum absolute atomic E-state index is 0.00268. The van der Waals surface area contributed by atoms with Crippen LogP contribution in [0.5, 0.6) is 0 Å². The smallest absolute Gasteiger partial charge is 0.299 e. The van der Waals surface area contributed by atoms with E-state index in [0.29, 0.717) is 24.2 Å². The normalized spacial score (nSPS) is 10.9. The van der Waals surface area contributed by atoms with Crippen LogP contribution in [-0.2, 0) is 24.7 Å². The zero-order valence-electron chi connectivity index (χ0n) is 11.3. The van der Waals surface area contributed by atoms with Crippen LogP contribution in [-0.4, -0.2) is 20.5 Å². The molecule has 100 valence electrons. The van der Waals surface area contributed by atoms with Gasteiger partial charge in [0.2, 0.25) is 0 Å². The molecule has 0 bridgehead atoms. The van der Waals surface area contributed by atoms with E-state index in [1.165, 1.54) is 4.68 Å². The van der Waals surface area contributed by atoms with Gasteiger partial charge < -0.3 is 0 Å². The highest BCUT2D eigenvalue weighted by molar-refractivity contribution is 5.81. The molecule has 18 heavy (non-hydrogen) atoms. The molecule has 1 rings (SSSR count). The lowest BCUT2D eigenvalue weighted by Crippen LogP contribution is -2.11. The van der Waals surface area contributed by atoms with Gasteiger partial charge in [0.1, 0.15) is 17.2 Å². The summed E-state index contributed by atoms with van der Waals surface area (Å²) in [7, 11) is 1.64. The van der Waals surface area contributed by atoms with Crippen LogP contribution in [0.2, 0.25) is 0 Å². The summed E-state index contributed by atoms with van der Waals surface area (Å²) in [5.74, 6) is 0.272. The first-order valence-electron chi connectivity index (χ1n) is 6.07. The van der Waals surface area contributed by atoms with E-state index < -0.39 is 4.92 Å². The summed E-state index contributed by atoms with van der Waals surface area (Å²) >= 11 is 0. The van der Waals surface area contributed by atoms with E-state index in [1.54, 1.807) is 7.05 Å². The van der Waals surface area contributed by atoms with Crippen molar-refractivity contribution < 1.29 is 9.72 Å². The van der Waals surface area contributed by atoms with Crippen LogP contribution in [0.4, 0.5) is 5.69 Å². The molecule has 0 atom stereocenters. The first kappa shape index (κ1) is 14.3. The van der Waals surface area contributed by atoms with Crippen molar-refractivity contribution in [3.8, 4) is 0 Å². The number of carbonyl (C=O) groups excluding carboxylic acids is 1. The molecule has 1 aromatic heterocycles. The molecule has 0 N–H and O–H groups in total. The number of aromatic nitrogens is 2. The largest absolute Gasteiger partial charge is 0.313 e. The van der Waals surface area contributed by atoms with Crippen molar-refractivity contribution in [2.75, 3.05) is 0 Å². The topological polar surface area (TPSA) is 78.0 Å². The molecule has 0 aliphatic carbocycles. The van der Waals surface area contributed by atoms with Crippen molar-refractivity contribution in [1.82, 2.24) is 9.78 Å². The summed E-state index contributed by atoms with van der Waals surface area (Å²) in [6.45, 7) is 5.72. The first-order valence-corrected chi connectivity index (χ1v) is 6.07. The van der Waals surface area contributed by atoms with Gasteiger partial charge in [0, 0.05) is 13.5 Å². The third-order valence-corrected chi connectivity index (χ3v) is 2.73. The van der Waals surface area contributed by atoms with Gasteiger partial charge >= 0.3 is 5.69 Å². The van der Waals surface area contributed by atoms with Gasteiger partial charge in [-0.05, 0) is 12.3 Å². The summed E-state index contributed by atoms with van der Waals surface area (Å²) < 4.78 is 1.45. The number of aryl methyl sites for hydroxylation is 2. The summed E-state index contributed by atoms with van der Waals surface area (Å²) in [4.78, 5) is 22.4. The lowest BCUT2D eigenvalue weighted by Gasteiger charge is -2.04. The molecule has 0 aromatic carbocycles. The molecule has 0 saturated carbocycles. The Bertz CT molecular complexity index is 463. The van der Waals surface area contributed by atoms with Crippen LogP contribution < -0.4 is 0 Å². The molecule has 0 amide bonds. The summed E-state index contributed by atoms with van der Waals surface area (Å²) in [6, 6.07) is 0. The van der Waals surface area contributed by atoms with Gasteiger partial charge in [-0.15, -0.1) is 0 Å². The van der Waals surface area contributed by atoms with Crippen molar-refractivity contribution in [2.45, 2.75) is 40.0 Å². The second-order valence-corrected chi connectivity index (χ2v) is 4.79. The maximum atomic E-state index is 11.8. The molecule has 0 radical (unpaired) electrons. The van der Waals surface area contributed by atoms with Gasteiger partial charge in [0.25, 0.3) is 0 Å². The van der Waals surface area contributed by atoms with Crippen LogP contribution in [0.25, 0.3) is 0 Å². The molecule has 0 fully saturated rings. The zero-order valence-corrected chi connectivity index (χ0v) is 11.3. The number of ketones is 1. The predicted octanol–water partition coefficient (Wildman–Crippen LogP) is 2.05. The fourth-order valence-corrected chi connectivity index (χ4v) is 1.97. The van der Waals surface area contributed by atoms with Gasteiger partial charge in [-0.25, -0.2) is 0 Å². The van der Waals surface area contributed by atoms with Gasteiger partial charge in [0.05, 0.1) is 11.3 Å². The lowest BCUT2D eigenvalue weighted by molar-refractivity contribution is -0.386. The van der Waals surface area contributed by atoms with Crippen molar-refractivity contribution in [2.24, 2.45) is 13.0 Å². The van der Waals surface area contributed by atoms with Crippen LogP contribution >= 0.6 is 0 Å². The Balaban J connectivity index is 3.04. The van der Waals surface area contributed by atoms with Crippen LogP contribution in [0.15, 0.2) is 0 Å². The number of nitrogens with zero attached hydrogens (tertiary/aromatic N) is 3. The zero-order chi connectivity index (χ0) is 13.9. The van der Waals surface area contributed by atoms with Gasteiger partial charge in [0.15, 0.2) is 0 Å². The Morgan fingerprint density at radius 2 is 2.11 bits per heavy atom. The highest BCUT2D eigenvalue weighted by Crippen LogP contribution is 2.24. The standard InChI is InChI=1S/C12H19N3O3/c1-5-10-12(15(17)18)11(14(4)13-10)7-9(16)6-8(2)3/h8H,5-7H2,1-4H3. The highest BCUT2D eigenvalue weighted by Gasteiger charge is 2.26. The van der Waals surface area contributed by atoms with E-state index in [-0.39, 0.29) is 23.8 Å². The quantitative estimate of drug-likeness (QED) is 0.574. The summed E-state index contributed by atoms with van der Waals surface area (Å²) in [5, 5.41) is 15.2. The summed E-state index contributed by atoms with van der Waals surface area (Å²) in [6.07, 6.45) is 1.00. The number of nitro groups is 1. The first-order chi connectivity index (χ1) is 8.36. The Hall–Kier alpha value is -1.72. The van der Waals surface area contributed by atoms with Crippen molar-refractivity contribution in [3.05, 3.63) is 21.5 Å². The molecule has 0 saturated heterocycles. The van der Waals surface area contributed by atoms with E-state index in [1.807, 2.05) is 20.8 Å². The lowest BCUT2D eigenvalue weighted by atomic mass is 10.0. The van der Waals surface area contributed by atoms with Crippen LogP contribution in [0.1, 0.15) is 38.6 Å². The second kappa shape index (κ2) is 5.75. The molecule has 6 heteroatoms. The average molecular weight is 253 g/mol. The maximum absolute atomic E-state index is 11.8. The molecule has 0 aliphatic heterocycles. The van der Waals surface area contributed by atoms with E-state index in [4.69, 9.17) is 0 Å². The molecular formula is C12H19N3O3. The minimum Gasteiger partial charge on any atom is -0.299 e. The minimum atomic E-state index is -0.441. The molecule has 1 heterocycles. The van der Waals surface area contributed by atoms with E-state index in [9.17, 15) is 14.9 Å². The molecule has 0 spiro atoms. The van der Waals surface area contributed by atoms with Gasteiger partial charge in [-0.3, -0.25) is 19.6 Å². The number of hydrogen-bond acceptors (Lipinski definition) is 4. The predicted molar refractivity (Wildman–Crippen MR) is 67.4 cm³/mol. The number of hydrogen-bond donors (Lipinski definition) is 0. The Morgan fingerprint density at radius 1 is 1.50 bits per heavy atom. The Kier molecular flexibility index (Phi) is 4.58. The van der Waals surface area contributed by atoms with E-state index in [0.717, 1.165) is 0 Å². The maximum Gasteiger partial charge on any atom is 0.313 e. The number of rotatable bonds is 6. The van der Waals surface area contributed by atoms with Crippen LogP contribution in [0.3, 0.4) is 0 Å². The third kappa shape index (κ3) is 3.15. The Labute approximate surface area is 106 Å². The second-order valence-electron chi connectivity index (χ2n) is 4.79. The van der Waals surface area contributed by atoms with Gasteiger partial charge in [-0.2, -0.15) is 5.10 Å². The average Bonchev–Trinajstić information content (AvgIpc) is 2.54. The van der Waals surface area contributed by atoms with Gasteiger partial charge in [-0.1, -0.05) is 20.8 Å². The monoisotopic (exact) mass is 253 g/mol. The van der Waals surface area contributed by atoms with E-state index in [2.05, 4.69) is 5.10 Å². The van der Waals surface area contributed by atoms with Crippen molar-refractivity contribution in [3.63, 3.8) is 0 Å². The fraction of sp³-hybridized carbons (Fsp3) is 0.667. The highest BCUT2D eigenvalue weighted by atomic mass is 16.6. The number of carbonyl (C=O) groups is 1. The molecule has 0 aliphatic rings. The molecule has 1 aromatic rings. The summed E-state index contributed by atoms with van der Waals surface area (Å²) in [5.41, 5.74) is 0.842. The van der Waals surface area contributed by atoms with Crippen LogP contribution in [0, 0.1) is 16.0 Å². The molecular weight excluding hydrogens is 234 g/mol. The number of Topliss-reactive ketones (excluding diaryl/α,β-unsaturated/α-hetero) is 1. The van der Waals surface area contributed by atoms with E-state index >= 15 is 0 Å². The third-order valence-electron chi connectivity index (χ3n) is 2.73. The van der Waals surface area contributed by atoms with Crippen molar-refractivity contribution in [1.29, 1.82) is 0 Å². The fourth-order valence-electron chi connectivity index (χ4n) is 1.97. The Morgan fingerprint density at radius 3 is 2.56 bits per heavy atom. The molecule has 0 unspecified atom stereocenters. The SMILES string of the molecule is CCc1nn(C)c(CC(=O)CC(C)C)c1[N+](=O)[O-].